The van der Waals surface area contributed by atoms with Crippen molar-refractivity contribution in [1.82, 2.24) is 5.32 Å². The normalized spacial score (nSPS) is 11.6. The Kier molecular flexibility index (Phi) is 7.19. The summed E-state index contributed by atoms with van der Waals surface area (Å²) in [5.74, 6) is -0.251. The lowest BCUT2D eigenvalue weighted by Crippen LogP contribution is -2.24. The molecule has 7 heteroatoms. The fourth-order valence-corrected chi connectivity index (χ4v) is 3.66. The number of amides is 1. The van der Waals surface area contributed by atoms with Crippen LogP contribution in [0.5, 0.6) is 0 Å². The van der Waals surface area contributed by atoms with Gasteiger partial charge in [-0.05, 0) is 24.6 Å². The lowest BCUT2D eigenvalue weighted by Gasteiger charge is -2.08. The standard InChI is InChI=1S/C13H17Br2NO3S/c1-2-3-4-8-16-12(17)10-6-5-7-11(9-10)20(18,19)13(14)15/h5-7,9,13H,2-4,8H2,1H3,(H,16,17). The molecule has 0 aliphatic heterocycles. The average Bonchev–Trinajstić information content (AvgIpc) is 2.43. The van der Waals surface area contributed by atoms with E-state index in [4.69, 9.17) is 0 Å². The van der Waals surface area contributed by atoms with Crippen molar-refractivity contribution in [2.75, 3.05) is 6.54 Å². The fraction of sp³-hybridized carbons (Fsp3) is 0.462. The summed E-state index contributed by atoms with van der Waals surface area (Å²) in [6.45, 7) is 2.69. The minimum Gasteiger partial charge on any atom is -0.352 e. The number of hydrogen-bond acceptors (Lipinski definition) is 3. The summed E-state index contributed by atoms with van der Waals surface area (Å²) in [5, 5.41) is 2.78. The first kappa shape index (κ1) is 17.7. The zero-order valence-electron chi connectivity index (χ0n) is 11.1. The molecule has 112 valence electrons. The predicted molar refractivity (Wildman–Crippen MR) is 87.1 cm³/mol. The van der Waals surface area contributed by atoms with Crippen LogP contribution in [0.15, 0.2) is 29.2 Å². The zero-order valence-corrected chi connectivity index (χ0v) is 15.1. The molecular formula is C13H17Br2NO3S. The number of sulfone groups is 1. The minimum absolute atomic E-state index is 0.109. The van der Waals surface area contributed by atoms with Crippen LogP contribution in [0.3, 0.4) is 0 Å². The van der Waals surface area contributed by atoms with Crippen LogP contribution in [0.1, 0.15) is 36.5 Å². The van der Waals surface area contributed by atoms with Crippen molar-refractivity contribution in [2.45, 2.75) is 34.2 Å². The van der Waals surface area contributed by atoms with Crippen LogP contribution in [0.2, 0.25) is 0 Å². The van der Waals surface area contributed by atoms with E-state index in [1.807, 2.05) is 0 Å². The first-order valence-corrected chi connectivity index (χ1v) is 9.67. The summed E-state index contributed by atoms with van der Waals surface area (Å²) in [7, 11) is -3.51. The zero-order chi connectivity index (χ0) is 15.2. The van der Waals surface area contributed by atoms with E-state index in [0.717, 1.165) is 19.3 Å². The fourth-order valence-electron chi connectivity index (χ4n) is 1.60. The lowest BCUT2D eigenvalue weighted by molar-refractivity contribution is 0.0952. The van der Waals surface area contributed by atoms with E-state index in [1.165, 1.54) is 12.1 Å². The van der Waals surface area contributed by atoms with Gasteiger partial charge in [-0.1, -0.05) is 57.7 Å². The summed E-state index contributed by atoms with van der Waals surface area (Å²) in [6.07, 6.45) is 3.07. The SMILES string of the molecule is CCCCCNC(=O)c1cccc(S(=O)(=O)C(Br)Br)c1. The van der Waals surface area contributed by atoms with E-state index in [9.17, 15) is 13.2 Å². The van der Waals surface area contributed by atoms with Gasteiger partial charge < -0.3 is 5.32 Å². The van der Waals surface area contributed by atoms with Gasteiger partial charge in [-0.15, -0.1) is 0 Å². The highest BCUT2D eigenvalue weighted by atomic mass is 79.9. The summed E-state index contributed by atoms with van der Waals surface area (Å²) in [5.41, 5.74) is 0.350. The molecule has 1 N–H and O–H groups in total. The molecule has 0 unspecified atom stereocenters. The molecule has 0 radical (unpaired) electrons. The Labute approximate surface area is 136 Å². The molecule has 0 fully saturated rings. The van der Waals surface area contributed by atoms with Gasteiger partial charge in [-0.3, -0.25) is 4.79 Å². The highest BCUT2D eigenvalue weighted by Crippen LogP contribution is 2.25. The number of hydrogen-bond donors (Lipinski definition) is 1. The molecule has 0 saturated carbocycles. The number of nitrogens with one attached hydrogen (secondary N) is 1. The molecule has 1 aromatic carbocycles. The molecular weight excluding hydrogens is 410 g/mol. The Balaban J connectivity index is 2.81. The van der Waals surface area contributed by atoms with Gasteiger partial charge in [-0.25, -0.2) is 8.42 Å². The van der Waals surface area contributed by atoms with E-state index in [0.29, 0.717) is 12.1 Å². The Morgan fingerprint density at radius 2 is 2.00 bits per heavy atom. The van der Waals surface area contributed by atoms with Crippen molar-refractivity contribution in [1.29, 1.82) is 0 Å². The molecule has 0 spiro atoms. The topological polar surface area (TPSA) is 63.2 Å². The van der Waals surface area contributed by atoms with Gasteiger partial charge in [0.2, 0.25) is 9.84 Å². The van der Waals surface area contributed by atoms with Crippen molar-refractivity contribution in [3.63, 3.8) is 0 Å². The van der Waals surface area contributed by atoms with Gasteiger partial charge in [0.05, 0.1) is 4.90 Å². The molecule has 0 saturated heterocycles. The monoisotopic (exact) mass is 425 g/mol. The van der Waals surface area contributed by atoms with Crippen LogP contribution < -0.4 is 5.32 Å². The molecule has 1 amide bonds. The smallest absolute Gasteiger partial charge is 0.251 e. The first-order chi connectivity index (χ1) is 9.39. The maximum absolute atomic E-state index is 12.0. The molecule has 0 heterocycles. The van der Waals surface area contributed by atoms with Crippen molar-refractivity contribution < 1.29 is 13.2 Å². The van der Waals surface area contributed by atoms with Crippen molar-refractivity contribution in [3.05, 3.63) is 29.8 Å². The van der Waals surface area contributed by atoms with Gasteiger partial charge in [-0.2, -0.15) is 0 Å². The van der Waals surface area contributed by atoms with Crippen LogP contribution >= 0.6 is 31.9 Å². The van der Waals surface area contributed by atoms with E-state index in [2.05, 4.69) is 44.1 Å². The molecule has 1 rings (SSSR count). The third kappa shape index (κ3) is 4.86. The molecule has 0 bridgehead atoms. The largest absolute Gasteiger partial charge is 0.352 e. The Bertz CT molecular complexity index is 558. The molecule has 1 aromatic rings. The van der Waals surface area contributed by atoms with E-state index < -0.39 is 12.9 Å². The van der Waals surface area contributed by atoms with Crippen molar-refractivity contribution >= 4 is 47.6 Å². The summed E-state index contributed by atoms with van der Waals surface area (Å²) in [6, 6.07) is 6.03. The van der Waals surface area contributed by atoms with Gasteiger partial charge in [0.1, 0.15) is 0 Å². The second-order valence-corrected chi connectivity index (χ2v) is 10.6. The Morgan fingerprint density at radius 3 is 2.60 bits per heavy atom. The number of alkyl halides is 2. The molecule has 0 aliphatic carbocycles. The van der Waals surface area contributed by atoms with E-state index in [-0.39, 0.29) is 10.8 Å². The number of halogens is 2. The summed E-state index contributed by atoms with van der Waals surface area (Å²) < 4.78 is 23.1. The number of rotatable bonds is 7. The molecule has 0 aliphatic rings. The number of carbonyl (C=O) groups excluding carboxylic acids is 1. The number of benzene rings is 1. The maximum Gasteiger partial charge on any atom is 0.251 e. The van der Waals surface area contributed by atoms with Crippen LogP contribution in [-0.2, 0) is 9.84 Å². The average molecular weight is 427 g/mol. The predicted octanol–water partition coefficient (Wildman–Crippen LogP) is 3.45. The number of unbranched alkanes of at least 4 members (excludes halogenated alkanes) is 2. The third-order valence-electron chi connectivity index (χ3n) is 2.73. The Hall–Kier alpha value is -0.400. The van der Waals surface area contributed by atoms with Crippen LogP contribution in [0.4, 0.5) is 0 Å². The van der Waals surface area contributed by atoms with E-state index in [1.54, 1.807) is 12.1 Å². The molecule has 0 atom stereocenters. The Morgan fingerprint density at radius 1 is 1.30 bits per heavy atom. The van der Waals surface area contributed by atoms with Crippen LogP contribution in [0.25, 0.3) is 0 Å². The third-order valence-corrected chi connectivity index (χ3v) is 7.06. The van der Waals surface area contributed by atoms with Gasteiger partial charge in [0, 0.05) is 12.1 Å². The lowest BCUT2D eigenvalue weighted by atomic mass is 10.2. The second-order valence-electron chi connectivity index (χ2n) is 4.30. The molecule has 4 nitrogen and oxygen atoms in total. The highest BCUT2D eigenvalue weighted by Gasteiger charge is 2.23. The van der Waals surface area contributed by atoms with Gasteiger partial charge in [0.15, 0.2) is 3.07 Å². The number of carbonyl (C=O) groups is 1. The van der Waals surface area contributed by atoms with E-state index >= 15 is 0 Å². The first-order valence-electron chi connectivity index (χ1n) is 6.30. The molecule has 20 heavy (non-hydrogen) atoms. The van der Waals surface area contributed by atoms with Crippen molar-refractivity contribution in [2.24, 2.45) is 0 Å². The van der Waals surface area contributed by atoms with Crippen LogP contribution in [0, 0.1) is 0 Å². The minimum atomic E-state index is -3.51. The summed E-state index contributed by atoms with van der Waals surface area (Å²) >= 11 is 5.96. The van der Waals surface area contributed by atoms with Crippen molar-refractivity contribution in [3.8, 4) is 0 Å². The molecule has 0 aromatic heterocycles. The summed E-state index contributed by atoms with van der Waals surface area (Å²) in [4.78, 5) is 12.0. The second kappa shape index (κ2) is 8.14. The quantitative estimate of drug-likeness (QED) is 0.536. The van der Waals surface area contributed by atoms with Gasteiger partial charge >= 0.3 is 0 Å². The van der Waals surface area contributed by atoms with Gasteiger partial charge in [0.25, 0.3) is 5.91 Å². The maximum atomic E-state index is 12.0. The highest BCUT2D eigenvalue weighted by molar-refractivity contribution is 9.27. The van der Waals surface area contributed by atoms with Crippen LogP contribution in [-0.4, -0.2) is 23.9 Å².